The number of anilines is 1. The summed E-state index contributed by atoms with van der Waals surface area (Å²) in [5.74, 6) is 0.184. The smallest absolute Gasteiger partial charge is 0.410 e. The van der Waals surface area contributed by atoms with Crippen molar-refractivity contribution in [2.45, 2.75) is 109 Å². The van der Waals surface area contributed by atoms with Gasteiger partial charge >= 0.3 is 6.09 Å². The van der Waals surface area contributed by atoms with E-state index in [0.717, 1.165) is 49.8 Å². The third-order valence-electron chi connectivity index (χ3n) is 12.3. The quantitative estimate of drug-likeness (QED) is 0.249. The number of β-amino-alcohol motifs (C(OH)–C–C–N with tert-alkyl or cyclic N) is 1. The first kappa shape index (κ1) is 34.5. The molecule has 1 aliphatic heterocycles. The molecule has 5 aliphatic rings. The third-order valence-corrected chi connectivity index (χ3v) is 12.3. The van der Waals surface area contributed by atoms with Crippen molar-refractivity contribution in [1.82, 2.24) is 14.7 Å². The number of hydrogen-bond acceptors (Lipinski definition) is 6. The lowest BCUT2D eigenvalue weighted by molar-refractivity contribution is -0.124. The maximum atomic E-state index is 16.7. The molecular weight excluding hydrogens is 635 g/mol. The van der Waals surface area contributed by atoms with Crippen LogP contribution in [0.25, 0.3) is 11.1 Å². The Balaban J connectivity index is 1.12. The Morgan fingerprint density at radius 3 is 2.34 bits per heavy atom. The first-order valence-corrected chi connectivity index (χ1v) is 18.4. The average molecular weight is 687 g/mol. The zero-order valence-electron chi connectivity index (χ0n) is 29.9. The van der Waals surface area contributed by atoms with Gasteiger partial charge < -0.3 is 24.4 Å². The molecule has 2 heterocycles. The van der Waals surface area contributed by atoms with E-state index < -0.39 is 18.0 Å². The number of amides is 2. The van der Waals surface area contributed by atoms with Crippen molar-refractivity contribution in [3.05, 3.63) is 65.7 Å². The fourth-order valence-electron chi connectivity index (χ4n) is 8.94. The van der Waals surface area contributed by atoms with Gasteiger partial charge in [0, 0.05) is 35.8 Å². The van der Waals surface area contributed by atoms with Crippen LogP contribution in [0.4, 0.5) is 14.9 Å². The largest absolute Gasteiger partial charge is 0.496 e. The molecule has 1 N–H and O–H groups in total. The number of nitrogens with zero attached hydrogens (tertiary/aromatic N) is 4. The van der Waals surface area contributed by atoms with E-state index in [9.17, 15) is 14.7 Å². The average Bonchev–Trinajstić information content (AvgIpc) is 3.61. The number of fused-ring (bicyclic) bond motifs is 3. The van der Waals surface area contributed by atoms with E-state index in [1.807, 2.05) is 30.8 Å². The molecule has 2 bridgehead atoms. The summed E-state index contributed by atoms with van der Waals surface area (Å²) in [6.07, 6.45) is 10.8. The number of aryl methyl sites for hydroxylation is 1. The minimum absolute atomic E-state index is 0.0443. The van der Waals surface area contributed by atoms with Gasteiger partial charge in [-0.2, -0.15) is 5.10 Å². The van der Waals surface area contributed by atoms with Crippen LogP contribution in [0.1, 0.15) is 95.2 Å². The van der Waals surface area contributed by atoms with Crippen molar-refractivity contribution >= 4 is 17.7 Å². The first-order chi connectivity index (χ1) is 24.0. The van der Waals surface area contributed by atoms with Crippen molar-refractivity contribution in [3.8, 4) is 16.9 Å². The third kappa shape index (κ3) is 6.51. The minimum atomic E-state index is -0.483. The molecule has 0 atom stereocenters. The van der Waals surface area contributed by atoms with Crippen LogP contribution >= 0.6 is 0 Å². The number of aliphatic hydroxyl groups is 1. The van der Waals surface area contributed by atoms with E-state index in [1.165, 1.54) is 10.5 Å². The summed E-state index contributed by atoms with van der Waals surface area (Å²) < 4.78 is 29.8. The van der Waals surface area contributed by atoms with Gasteiger partial charge in [0.2, 0.25) is 5.91 Å². The zero-order chi connectivity index (χ0) is 35.2. The number of benzene rings is 2. The lowest BCUT2D eigenvalue weighted by Crippen LogP contribution is -2.54. The Bertz CT molecular complexity index is 1700. The van der Waals surface area contributed by atoms with Crippen LogP contribution < -0.4 is 9.64 Å². The summed E-state index contributed by atoms with van der Waals surface area (Å²) in [7, 11) is 1.71. The second-order valence-corrected chi connectivity index (χ2v) is 15.7. The van der Waals surface area contributed by atoms with Gasteiger partial charge in [0.25, 0.3) is 0 Å². The highest BCUT2D eigenvalue weighted by Gasteiger charge is 2.51. The Morgan fingerprint density at radius 1 is 1.04 bits per heavy atom. The SMILES string of the molecule is COc1ccc(C23CCC(CN(C(=O)C4CCC(OC(=O)N5CC(O)C5)CC4)c4cccc(-c5cnn(C(C)C)c5)c4F)(CC2)CC3)cc1C. The van der Waals surface area contributed by atoms with Gasteiger partial charge in [-0.3, -0.25) is 9.48 Å². The molecule has 5 fully saturated rings. The van der Waals surface area contributed by atoms with E-state index in [-0.39, 0.29) is 34.8 Å². The lowest BCUT2D eigenvalue weighted by Gasteiger charge is -2.55. The van der Waals surface area contributed by atoms with Crippen LogP contribution in [0.15, 0.2) is 48.8 Å². The van der Waals surface area contributed by atoms with Gasteiger partial charge in [-0.1, -0.05) is 24.3 Å². The second-order valence-electron chi connectivity index (χ2n) is 15.7. The molecule has 8 rings (SSSR count). The number of halogens is 1. The van der Waals surface area contributed by atoms with Crippen molar-refractivity contribution in [3.63, 3.8) is 0 Å². The molecule has 268 valence electrons. The summed E-state index contributed by atoms with van der Waals surface area (Å²) in [6, 6.07) is 12.1. The topological polar surface area (TPSA) is 97.1 Å². The highest BCUT2D eigenvalue weighted by molar-refractivity contribution is 5.96. The number of ether oxygens (including phenoxy) is 2. The normalized spacial score (nSPS) is 26.5. The summed E-state index contributed by atoms with van der Waals surface area (Å²) >= 11 is 0. The number of carbonyl (C=O) groups is 2. The van der Waals surface area contributed by atoms with Gasteiger partial charge in [0.15, 0.2) is 5.82 Å². The maximum absolute atomic E-state index is 16.7. The molecule has 0 unspecified atom stereocenters. The predicted molar refractivity (Wildman–Crippen MR) is 190 cm³/mol. The van der Waals surface area contributed by atoms with E-state index in [1.54, 1.807) is 30.3 Å². The number of aromatic nitrogens is 2. The molecule has 0 spiro atoms. The molecule has 9 nitrogen and oxygen atoms in total. The fraction of sp³-hybridized carbons (Fsp3) is 0.575. The number of rotatable bonds is 9. The van der Waals surface area contributed by atoms with Crippen LogP contribution in [0, 0.1) is 24.1 Å². The van der Waals surface area contributed by atoms with E-state index >= 15 is 4.39 Å². The Labute approximate surface area is 294 Å². The van der Waals surface area contributed by atoms with Crippen molar-refractivity contribution in [2.75, 3.05) is 31.6 Å². The van der Waals surface area contributed by atoms with Crippen molar-refractivity contribution in [1.29, 1.82) is 0 Å². The van der Waals surface area contributed by atoms with Crippen LogP contribution in [0.3, 0.4) is 0 Å². The minimum Gasteiger partial charge on any atom is -0.496 e. The molecule has 1 aromatic heterocycles. The summed E-state index contributed by atoms with van der Waals surface area (Å²) in [6.45, 7) is 7.26. The molecule has 4 saturated carbocycles. The van der Waals surface area contributed by atoms with Gasteiger partial charge in [0.1, 0.15) is 11.9 Å². The number of methoxy groups -OCH3 is 1. The highest BCUT2D eigenvalue weighted by Crippen LogP contribution is 2.58. The van der Waals surface area contributed by atoms with Gasteiger partial charge in [0.05, 0.1) is 38.2 Å². The van der Waals surface area contributed by atoms with Gasteiger partial charge in [-0.05, 0) is 119 Å². The van der Waals surface area contributed by atoms with Crippen LogP contribution in [-0.2, 0) is 14.9 Å². The molecule has 10 heteroatoms. The van der Waals surface area contributed by atoms with E-state index in [0.29, 0.717) is 62.1 Å². The highest BCUT2D eigenvalue weighted by atomic mass is 19.1. The molecule has 2 aromatic carbocycles. The molecular formula is C40H51FN4O5. The Morgan fingerprint density at radius 2 is 1.74 bits per heavy atom. The number of carbonyl (C=O) groups excluding carboxylic acids is 2. The Kier molecular flexibility index (Phi) is 9.43. The lowest BCUT2D eigenvalue weighted by atomic mass is 9.51. The molecule has 50 heavy (non-hydrogen) atoms. The van der Waals surface area contributed by atoms with Crippen LogP contribution in [0.5, 0.6) is 5.75 Å². The number of likely N-dealkylation sites (tertiary alicyclic amines) is 1. The fourth-order valence-corrected chi connectivity index (χ4v) is 8.94. The predicted octanol–water partition coefficient (Wildman–Crippen LogP) is 7.58. The van der Waals surface area contributed by atoms with Gasteiger partial charge in [-0.15, -0.1) is 0 Å². The summed E-state index contributed by atoms with van der Waals surface area (Å²) in [5, 5.41) is 14.0. The number of hydrogen-bond donors (Lipinski definition) is 1. The summed E-state index contributed by atoms with van der Waals surface area (Å²) in [5.41, 5.74) is 4.03. The standard InChI is InChI=1S/C40H51FN4O5/c1-26(2)45-22-29(21-42-45)33-6-5-7-34(36(33)41)44(37(47)28-8-11-32(12-9-28)50-38(48)43-23-31(46)24-43)25-39-14-17-40(18-15-39,19-16-39)30-10-13-35(49-4)27(3)20-30/h5-7,10,13,20-22,26,28,31-32,46H,8-9,11-12,14-19,23-25H2,1-4H3. The van der Waals surface area contributed by atoms with Crippen molar-refractivity contribution < 1.29 is 28.6 Å². The first-order valence-electron chi connectivity index (χ1n) is 18.4. The molecule has 3 aromatic rings. The maximum Gasteiger partial charge on any atom is 0.410 e. The van der Waals surface area contributed by atoms with Crippen LogP contribution in [0.2, 0.25) is 0 Å². The molecule has 0 radical (unpaired) electrons. The van der Waals surface area contributed by atoms with E-state index in [4.69, 9.17) is 9.47 Å². The molecule has 2 amide bonds. The van der Waals surface area contributed by atoms with E-state index in [2.05, 4.69) is 30.2 Å². The zero-order valence-corrected chi connectivity index (χ0v) is 29.9. The Hall–Kier alpha value is -3.92. The van der Waals surface area contributed by atoms with Crippen molar-refractivity contribution in [2.24, 2.45) is 11.3 Å². The number of aliphatic hydroxyl groups excluding tert-OH is 1. The molecule has 1 saturated heterocycles. The van der Waals surface area contributed by atoms with Gasteiger partial charge in [-0.25, -0.2) is 9.18 Å². The monoisotopic (exact) mass is 686 g/mol. The van der Waals surface area contributed by atoms with Crippen LogP contribution in [-0.4, -0.2) is 70.7 Å². The second kappa shape index (κ2) is 13.7. The molecule has 4 aliphatic carbocycles. The summed E-state index contributed by atoms with van der Waals surface area (Å²) in [4.78, 5) is 30.4.